The highest BCUT2D eigenvalue weighted by atomic mass is 32.2. The molecule has 0 aliphatic carbocycles. The molecule has 21 heavy (non-hydrogen) atoms. The molecule has 2 N–H and O–H groups in total. The molecular weight excluding hydrogens is 329 g/mol. The van der Waals surface area contributed by atoms with Crippen molar-refractivity contribution in [2.75, 3.05) is 34.9 Å². The van der Waals surface area contributed by atoms with E-state index in [-0.39, 0.29) is 23.9 Å². The summed E-state index contributed by atoms with van der Waals surface area (Å²) in [6.45, 7) is 0.274. The van der Waals surface area contributed by atoms with Gasteiger partial charge in [0.1, 0.15) is 17.0 Å². The van der Waals surface area contributed by atoms with Crippen LogP contribution in [0.3, 0.4) is 0 Å². The second-order valence-electron chi connectivity index (χ2n) is 4.52. The van der Waals surface area contributed by atoms with E-state index in [1.54, 1.807) is 0 Å². The van der Waals surface area contributed by atoms with Crippen molar-refractivity contribution in [3.05, 3.63) is 11.9 Å². The summed E-state index contributed by atoms with van der Waals surface area (Å²) in [5, 5.41) is -0.924. The fourth-order valence-electron chi connectivity index (χ4n) is 1.92. The summed E-state index contributed by atoms with van der Waals surface area (Å²) in [6, 6.07) is 1.16. The predicted octanol–water partition coefficient (Wildman–Crippen LogP) is 1.00. The van der Waals surface area contributed by atoms with Gasteiger partial charge in [0.15, 0.2) is 9.84 Å². The number of hydrogen-bond donors (Lipinski definition) is 1. The molecule has 0 saturated carbocycles. The summed E-state index contributed by atoms with van der Waals surface area (Å²) in [5.41, 5.74) is 5.38. The number of rotatable bonds is 2. The molecular formula is C10H13F3N4O2S2. The second-order valence-corrected chi connectivity index (χ2v) is 7.88. The van der Waals surface area contributed by atoms with Gasteiger partial charge in [-0.15, -0.1) is 0 Å². The molecule has 0 amide bonds. The summed E-state index contributed by atoms with van der Waals surface area (Å²) < 4.78 is 61.7. The highest BCUT2D eigenvalue weighted by Gasteiger charge is 2.37. The molecule has 11 heteroatoms. The number of anilines is 2. The minimum absolute atomic E-state index is 0.120. The molecule has 1 saturated heterocycles. The van der Waals surface area contributed by atoms with Crippen LogP contribution in [0.5, 0.6) is 0 Å². The van der Waals surface area contributed by atoms with Gasteiger partial charge in [-0.25, -0.2) is 18.4 Å². The van der Waals surface area contributed by atoms with Gasteiger partial charge in [0.05, 0.1) is 0 Å². The number of alkyl halides is 3. The van der Waals surface area contributed by atoms with E-state index < -0.39 is 27.2 Å². The normalized spacial score (nSPS) is 20.6. The van der Waals surface area contributed by atoms with Crippen LogP contribution in [0.25, 0.3) is 0 Å². The average Bonchev–Trinajstić information content (AvgIpc) is 2.36. The van der Waals surface area contributed by atoms with E-state index in [2.05, 4.69) is 9.97 Å². The first-order valence-electron chi connectivity index (χ1n) is 5.84. The van der Waals surface area contributed by atoms with Crippen molar-refractivity contribution in [3.8, 4) is 0 Å². The fraction of sp³-hybridized carbons (Fsp3) is 0.600. The third-order valence-corrected chi connectivity index (χ3v) is 5.50. The number of hydrogen-bond acceptors (Lipinski definition) is 7. The maximum Gasteiger partial charge on any atom is 0.451 e. The first-order valence-corrected chi connectivity index (χ1v) is 8.95. The van der Waals surface area contributed by atoms with E-state index in [1.807, 2.05) is 0 Å². The highest BCUT2D eigenvalue weighted by molar-refractivity contribution is 8.01. The Labute approximate surface area is 123 Å². The average molecular weight is 342 g/mol. The molecule has 118 valence electrons. The third kappa shape index (κ3) is 3.70. The van der Waals surface area contributed by atoms with E-state index >= 15 is 0 Å². The Morgan fingerprint density at radius 1 is 1.43 bits per heavy atom. The Morgan fingerprint density at radius 2 is 2.10 bits per heavy atom. The topological polar surface area (TPSA) is 89.2 Å². The number of aromatic nitrogens is 2. The first kappa shape index (κ1) is 16.1. The number of nitrogens with zero attached hydrogens (tertiary/aromatic N) is 3. The molecule has 1 aliphatic heterocycles. The molecule has 1 aliphatic rings. The quantitative estimate of drug-likeness (QED) is 0.857. The van der Waals surface area contributed by atoms with E-state index in [4.69, 9.17) is 5.73 Å². The zero-order valence-electron chi connectivity index (χ0n) is 11.0. The van der Waals surface area contributed by atoms with E-state index in [1.165, 1.54) is 16.7 Å². The lowest BCUT2D eigenvalue weighted by molar-refractivity contribution is -0.144. The van der Waals surface area contributed by atoms with Crippen molar-refractivity contribution in [2.24, 2.45) is 0 Å². The van der Waals surface area contributed by atoms with Gasteiger partial charge in [-0.2, -0.15) is 24.9 Å². The van der Waals surface area contributed by atoms with Crippen molar-refractivity contribution >= 4 is 33.2 Å². The molecule has 0 aromatic carbocycles. The Balaban J connectivity index is 2.46. The summed E-state index contributed by atoms with van der Waals surface area (Å²) in [6.07, 6.45) is -3.69. The van der Waals surface area contributed by atoms with Crippen LogP contribution in [0, 0.1) is 0 Å². The van der Waals surface area contributed by atoms with Crippen molar-refractivity contribution in [1.29, 1.82) is 0 Å². The lowest BCUT2D eigenvalue weighted by atomic mass is 10.4. The van der Waals surface area contributed by atoms with Crippen LogP contribution < -0.4 is 10.6 Å². The smallest absolute Gasteiger partial charge is 0.384 e. The molecule has 6 nitrogen and oxygen atoms in total. The molecule has 1 unspecified atom stereocenters. The number of halogens is 3. The van der Waals surface area contributed by atoms with Crippen LogP contribution >= 0.6 is 11.8 Å². The molecule has 1 aromatic heterocycles. The van der Waals surface area contributed by atoms with E-state index in [0.717, 1.165) is 12.3 Å². The van der Waals surface area contributed by atoms with Gasteiger partial charge in [0.25, 0.3) is 0 Å². The van der Waals surface area contributed by atoms with Gasteiger partial charge in [0, 0.05) is 30.4 Å². The largest absolute Gasteiger partial charge is 0.451 e. The molecule has 1 aromatic rings. The summed E-state index contributed by atoms with van der Waals surface area (Å²) in [4.78, 5) is 7.91. The Bertz CT molecular complexity index is 636. The lowest BCUT2D eigenvalue weighted by Gasteiger charge is -2.35. The third-order valence-electron chi connectivity index (χ3n) is 2.86. The van der Waals surface area contributed by atoms with Gasteiger partial charge in [-0.3, -0.25) is 0 Å². The van der Waals surface area contributed by atoms with Crippen molar-refractivity contribution in [3.63, 3.8) is 0 Å². The van der Waals surface area contributed by atoms with Crippen LogP contribution in [-0.2, 0) is 16.0 Å². The van der Waals surface area contributed by atoms with Gasteiger partial charge in [0.2, 0.25) is 5.82 Å². The summed E-state index contributed by atoms with van der Waals surface area (Å²) in [7, 11) is -3.46. The highest BCUT2D eigenvalue weighted by Crippen LogP contribution is 2.31. The standard InChI is InChI=1S/C10H13F3N4O2S2/c1-21(18,19)8-5-20-3-2-17(8)7-4-6(14)15-9(16-7)10(11,12)13/h4,8H,2-3,5H2,1H3,(H2,14,15,16). The Kier molecular flexibility index (Phi) is 4.24. The Hall–Kier alpha value is -1.23. The molecule has 2 rings (SSSR count). The zero-order chi connectivity index (χ0) is 15.8. The molecule has 0 bridgehead atoms. The molecule has 0 radical (unpaired) electrons. The van der Waals surface area contributed by atoms with Gasteiger partial charge < -0.3 is 10.6 Å². The minimum Gasteiger partial charge on any atom is -0.384 e. The number of nitrogens with two attached hydrogens (primary N) is 1. The van der Waals surface area contributed by atoms with E-state index in [0.29, 0.717) is 5.75 Å². The Morgan fingerprint density at radius 3 is 2.67 bits per heavy atom. The molecule has 1 atom stereocenters. The predicted molar refractivity (Wildman–Crippen MR) is 74.7 cm³/mol. The van der Waals surface area contributed by atoms with Gasteiger partial charge in [-0.1, -0.05) is 0 Å². The number of nitrogen functional groups attached to an aromatic ring is 1. The fourth-order valence-corrected chi connectivity index (χ4v) is 4.75. The van der Waals surface area contributed by atoms with E-state index in [9.17, 15) is 21.6 Å². The SMILES string of the molecule is CS(=O)(=O)C1CSCCN1c1cc(N)nc(C(F)(F)F)n1. The molecule has 2 heterocycles. The van der Waals surface area contributed by atoms with Crippen molar-refractivity contribution < 1.29 is 21.6 Å². The van der Waals surface area contributed by atoms with Crippen LogP contribution in [0.1, 0.15) is 5.82 Å². The second kappa shape index (κ2) is 5.52. The van der Waals surface area contributed by atoms with Crippen LogP contribution in [0.2, 0.25) is 0 Å². The summed E-state index contributed by atoms with van der Waals surface area (Å²) >= 11 is 1.42. The monoisotopic (exact) mass is 342 g/mol. The maximum absolute atomic E-state index is 12.7. The van der Waals surface area contributed by atoms with Gasteiger partial charge in [-0.05, 0) is 0 Å². The van der Waals surface area contributed by atoms with Gasteiger partial charge >= 0.3 is 6.18 Å². The first-order chi connectivity index (χ1) is 9.59. The van der Waals surface area contributed by atoms with Crippen LogP contribution in [0.4, 0.5) is 24.8 Å². The molecule has 0 spiro atoms. The summed E-state index contributed by atoms with van der Waals surface area (Å²) in [5.74, 6) is -0.979. The lowest BCUT2D eigenvalue weighted by Crippen LogP contribution is -2.47. The van der Waals surface area contributed by atoms with Crippen molar-refractivity contribution in [2.45, 2.75) is 11.6 Å². The number of sulfone groups is 1. The number of thioether (sulfide) groups is 1. The molecule has 1 fully saturated rings. The van der Waals surface area contributed by atoms with Crippen LogP contribution in [0.15, 0.2) is 6.07 Å². The maximum atomic E-state index is 12.7. The minimum atomic E-state index is -4.74. The van der Waals surface area contributed by atoms with Crippen LogP contribution in [-0.4, -0.2) is 48.1 Å². The van der Waals surface area contributed by atoms with Crippen molar-refractivity contribution in [1.82, 2.24) is 9.97 Å². The zero-order valence-corrected chi connectivity index (χ0v) is 12.6.